The summed E-state index contributed by atoms with van der Waals surface area (Å²) in [6.45, 7) is 0.193. The number of hydrogen-bond donors (Lipinski definition) is 3. The van der Waals surface area contributed by atoms with Crippen LogP contribution in [0.5, 0.6) is 0 Å². The van der Waals surface area contributed by atoms with Gasteiger partial charge in [-0.1, -0.05) is 66.7 Å². The molecule has 0 amide bonds. The van der Waals surface area contributed by atoms with Crippen LogP contribution in [-0.2, 0) is 20.7 Å². The number of esters is 1. The van der Waals surface area contributed by atoms with E-state index in [-0.39, 0.29) is 12.5 Å². The Morgan fingerprint density at radius 1 is 0.909 bits per heavy atom. The van der Waals surface area contributed by atoms with Crippen LogP contribution in [0, 0.1) is 0 Å². The summed E-state index contributed by atoms with van der Waals surface area (Å²) in [6, 6.07) is 22.3. The molecule has 33 heavy (non-hydrogen) atoms. The summed E-state index contributed by atoms with van der Waals surface area (Å²) in [6.07, 6.45) is 0.307. The highest BCUT2D eigenvalue weighted by atomic mass is 16.5. The lowest BCUT2D eigenvalue weighted by atomic mass is 9.94. The topological polar surface area (TPSA) is 91.4 Å². The van der Waals surface area contributed by atoms with Gasteiger partial charge in [-0.25, -0.2) is 4.79 Å². The van der Waals surface area contributed by atoms with Crippen LogP contribution in [0.15, 0.2) is 72.8 Å². The first-order valence-corrected chi connectivity index (χ1v) is 11.0. The Kier molecular flexibility index (Phi) is 4.55. The highest BCUT2D eigenvalue weighted by Crippen LogP contribution is 2.44. The zero-order valence-corrected chi connectivity index (χ0v) is 17.7. The molecule has 1 aliphatic heterocycles. The minimum Gasteiger partial charge on any atom is -0.480 e. The van der Waals surface area contributed by atoms with Gasteiger partial charge in [-0.2, -0.15) is 0 Å². The van der Waals surface area contributed by atoms with Gasteiger partial charge in [-0.3, -0.25) is 10.1 Å². The number of aromatic amines is 1. The number of aromatic nitrogens is 1. The number of aliphatic carboxylic acids is 1. The zero-order valence-electron chi connectivity index (χ0n) is 17.7. The van der Waals surface area contributed by atoms with Crippen molar-refractivity contribution in [3.63, 3.8) is 0 Å². The lowest BCUT2D eigenvalue weighted by molar-refractivity contribution is -0.148. The van der Waals surface area contributed by atoms with Crippen LogP contribution in [0.1, 0.15) is 34.3 Å². The minimum absolute atomic E-state index is 0.0533. The molecule has 0 bridgehead atoms. The molecule has 0 saturated heterocycles. The summed E-state index contributed by atoms with van der Waals surface area (Å²) in [5.74, 6) is -1.51. The Morgan fingerprint density at radius 2 is 1.55 bits per heavy atom. The molecule has 2 aliphatic rings. The van der Waals surface area contributed by atoms with E-state index in [1.165, 1.54) is 0 Å². The first kappa shape index (κ1) is 19.8. The maximum atomic E-state index is 13.3. The minimum atomic E-state index is -0.984. The largest absolute Gasteiger partial charge is 0.480 e. The monoisotopic (exact) mass is 438 g/mol. The second kappa shape index (κ2) is 7.60. The second-order valence-electron chi connectivity index (χ2n) is 8.61. The second-order valence-corrected chi connectivity index (χ2v) is 8.61. The molecule has 0 unspecified atom stereocenters. The smallest absolute Gasteiger partial charge is 0.329 e. The van der Waals surface area contributed by atoms with Crippen molar-refractivity contribution >= 4 is 22.8 Å². The summed E-state index contributed by atoms with van der Waals surface area (Å²) >= 11 is 0. The van der Waals surface area contributed by atoms with E-state index in [0.29, 0.717) is 12.1 Å². The number of fused-ring (bicyclic) bond motifs is 6. The van der Waals surface area contributed by atoms with E-state index in [4.69, 9.17) is 4.74 Å². The summed E-state index contributed by atoms with van der Waals surface area (Å²) in [4.78, 5) is 28.4. The van der Waals surface area contributed by atoms with Crippen molar-refractivity contribution in [2.24, 2.45) is 0 Å². The molecule has 6 nitrogen and oxygen atoms in total. The standard InChI is InChI=1S/C27H22N2O4/c30-26(31)23-13-20-19-11-5-6-12-22(19)28-24(20)25(29-23)27(32)33-14-21-17-9-3-1-7-15(17)16-8-2-4-10-18(16)21/h1-12,21,23,25,28-29H,13-14H2,(H,30,31)/t23-,25-/m0/s1. The van der Waals surface area contributed by atoms with Crippen molar-refractivity contribution in [1.82, 2.24) is 10.3 Å². The number of nitrogens with one attached hydrogen (secondary N) is 2. The third-order valence-electron chi connectivity index (χ3n) is 6.80. The number of para-hydroxylation sites is 1. The van der Waals surface area contributed by atoms with E-state index < -0.39 is 24.0 Å². The van der Waals surface area contributed by atoms with Gasteiger partial charge in [-0.05, 0) is 33.9 Å². The molecule has 6 rings (SSSR count). The third-order valence-corrected chi connectivity index (χ3v) is 6.80. The number of rotatable bonds is 4. The third kappa shape index (κ3) is 3.14. The number of carbonyl (C=O) groups is 2. The van der Waals surface area contributed by atoms with E-state index in [0.717, 1.165) is 38.7 Å². The first-order chi connectivity index (χ1) is 16.1. The predicted octanol–water partition coefficient (Wildman–Crippen LogP) is 4.16. The number of carboxylic acids is 1. The van der Waals surface area contributed by atoms with E-state index in [1.807, 2.05) is 48.5 Å². The average molecular weight is 438 g/mol. The number of carboxylic acid groups (broad SMARTS) is 1. The van der Waals surface area contributed by atoms with Gasteiger partial charge in [0.15, 0.2) is 0 Å². The number of carbonyl (C=O) groups excluding carboxylic acids is 1. The zero-order chi connectivity index (χ0) is 22.5. The van der Waals surface area contributed by atoms with Gasteiger partial charge in [0.2, 0.25) is 0 Å². The highest BCUT2D eigenvalue weighted by molar-refractivity contribution is 5.90. The molecule has 4 aromatic rings. The fourth-order valence-corrected chi connectivity index (χ4v) is 5.27. The van der Waals surface area contributed by atoms with Gasteiger partial charge in [0.25, 0.3) is 0 Å². The Hall–Kier alpha value is -3.90. The van der Waals surface area contributed by atoms with Crippen molar-refractivity contribution in [3.8, 4) is 11.1 Å². The van der Waals surface area contributed by atoms with Crippen LogP contribution in [0.2, 0.25) is 0 Å². The molecule has 3 N–H and O–H groups in total. The lowest BCUT2D eigenvalue weighted by Gasteiger charge is -2.28. The van der Waals surface area contributed by atoms with Crippen molar-refractivity contribution < 1.29 is 19.4 Å². The molecule has 6 heteroatoms. The van der Waals surface area contributed by atoms with Crippen LogP contribution in [0.4, 0.5) is 0 Å². The van der Waals surface area contributed by atoms with Gasteiger partial charge >= 0.3 is 11.9 Å². The molecule has 0 fully saturated rings. The van der Waals surface area contributed by atoms with Crippen molar-refractivity contribution in [1.29, 1.82) is 0 Å². The number of benzene rings is 3. The Labute approximate surface area is 190 Å². The van der Waals surface area contributed by atoms with E-state index in [1.54, 1.807) is 0 Å². The van der Waals surface area contributed by atoms with E-state index in [9.17, 15) is 14.7 Å². The normalized spacial score (nSPS) is 19.0. The summed E-state index contributed by atoms with van der Waals surface area (Å²) in [5, 5.41) is 13.6. The molecule has 0 radical (unpaired) electrons. The molecule has 1 aromatic heterocycles. The van der Waals surface area contributed by atoms with Crippen LogP contribution in [0.25, 0.3) is 22.0 Å². The van der Waals surface area contributed by atoms with Gasteiger partial charge in [-0.15, -0.1) is 0 Å². The predicted molar refractivity (Wildman–Crippen MR) is 124 cm³/mol. The van der Waals surface area contributed by atoms with Gasteiger partial charge in [0, 0.05) is 28.9 Å². The molecule has 164 valence electrons. The first-order valence-electron chi connectivity index (χ1n) is 11.0. The number of hydrogen-bond acceptors (Lipinski definition) is 4. The van der Waals surface area contributed by atoms with E-state index >= 15 is 0 Å². The van der Waals surface area contributed by atoms with Gasteiger partial charge < -0.3 is 14.8 Å². The summed E-state index contributed by atoms with van der Waals surface area (Å²) < 4.78 is 5.85. The number of ether oxygens (including phenoxy) is 1. The lowest BCUT2D eigenvalue weighted by Crippen LogP contribution is -2.47. The Balaban J connectivity index is 1.31. The number of H-pyrrole nitrogens is 1. The SMILES string of the molecule is O=C(O)[C@@H]1Cc2c([nH]c3ccccc23)[C@@H](C(=O)OCC2c3ccccc3-c3ccccc32)N1. The van der Waals surface area contributed by atoms with Crippen LogP contribution < -0.4 is 5.32 Å². The molecule has 2 heterocycles. The highest BCUT2D eigenvalue weighted by Gasteiger charge is 2.38. The molecule has 0 spiro atoms. The molecular formula is C27H22N2O4. The van der Waals surface area contributed by atoms with Crippen molar-refractivity contribution in [2.75, 3.05) is 6.61 Å². The fraction of sp³-hybridized carbons (Fsp3) is 0.185. The molecular weight excluding hydrogens is 416 g/mol. The maximum Gasteiger partial charge on any atom is 0.329 e. The molecule has 2 atom stereocenters. The van der Waals surface area contributed by atoms with Crippen molar-refractivity contribution in [3.05, 3.63) is 95.2 Å². The van der Waals surface area contributed by atoms with E-state index in [2.05, 4.69) is 34.6 Å². The van der Waals surface area contributed by atoms with Gasteiger partial charge in [0.1, 0.15) is 18.7 Å². The molecule has 1 aliphatic carbocycles. The Bertz CT molecular complexity index is 1360. The van der Waals surface area contributed by atoms with Crippen LogP contribution in [0.3, 0.4) is 0 Å². The maximum absolute atomic E-state index is 13.3. The molecule has 0 saturated carbocycles. The van der Waals surface area contributed by atoms with Crippen LogP contribution >= 0.6 is 0 Å². The summed E-state index contributed by atoms with van der Waals surface area (Å²) in [5.41, 5.74) is 7.02. The van der Waals surface area contributed by atoms with Crippen molar-refractivity contribution in [2.45, 2.75) is 24.4 Å². The van der Waals surface area contributed by atoms with Gasteiger partial charge in [0.05, 0.1) is 0 Å². The quantitative estimate of drug-likeness (QED) is 0.416. The summed E-state index contributed by atoms with van der Waals surface area (Å²) in [7, 11) is 0. The average Bonchev–Trinajstić information content (AvgIpc) is 3.38. The Morgan fingerprint density at radius 3 is 2.24 bits per heavy atom. The van der Waals surface area contributed by atoms with Crippen LogP contribution in [-0.4, -0.2) is 34.7 Å². The fourth-order valence-electron chi connectivity index (χ4n) is 5.27. The molecule has 3 aromatic carbocycles.